The van der Waals surface area contributed by atoms with Crippen LogP contribution in [0.2, 0.25) is 0 Å². The summed E-state index contributed by atoms with van der Waals surface area (Å²) in [5, 5.41) is 3.18. The Morgan fingerprint density at radius 2 is 2.43 bits per heavy atom. The van der Waals surface area contributed by atoms with Crippen molar-refractivity contribution in [2.75, 3.05) is 6.54 Å². The van der Waals surface area contributed by atoms with Crippen LogP contribution in [0.3, 0.4) is 0 Å². The fraction of sp³-hybridized carbons (Fsp3) is 0.700. The predicted molar refractivity (Wildman–Crippen MR) is 59.1 cm³/mol. The third kappa shape index (κ3) is 2.32. The van der Waals surface area contributed by atoms with Crippen molar-refractivity contribution in [1.82, 2.24) is 9.88 Å². The first-order valence-corrected chi connectivity index (χ1v) is 6.08. The number of nitrogens with zero attached hydrogens (tertiary/aromatic N) is 2. The lowest BCUT2D eigenvalue weighted by molar-refractivity contribution is 0.266. The van der Waals surface area contributed by atoms with Gasteiger partial charge in [-0.05, 0) is 19.4 Å². The van der Waals surface area contributed by atoms with E-state index in [2.05, 4.69) is 22.2 Å². The molecule has 4 heteroatoms. The van der Waals surface area contributed by atoms with Crippen molar-refractivity contribution in [3.05, 3.63) is 16.1 Å². The van der Waals surface area contributed by atoms with E-state index < -0.39 is 0 Å². The molecule has 1 saturated carbocycles. The minimum atomic E-state index is 0.570. The van der Waals surface area contributed by atoms with Gasteiger partial charge in [-0.1, -0.05) is 6.92 Å². The van der Waals surface area contributed by atoms with Crippen molar-refractivity contribution in [3.8, 4) is 0 Å². The highest BCUT2D eigenvalue weighted by Gasteiger charge is 2.27. The Labute approximate surface area is 88.9 Å². The topological polar surface area (TPSA) is 42.1 Å². The normalized spacial score (nSPS) is 16.5. The Hall–Kier alpha value is -0.450. The Bertz CT molecular complexity index is 293. The van der Waals surface area contributed by atoms with E-state index in [9.17, 15) is 0 Å². The molecule has 1 heterocycles. The van der Waals surface area contributed by atoms with Crippen LogP contribution in [0.15, 0.2) is 5.38 Å². The first-order valence-electron chi connectivity index (χ1n) is 5.21. The summed E-state index contributed by atoms with van der Waals surface area (Å²) in [6.07, 6.45) is 2.73. The molecule has 0 saturated heterocycles. The van der Waals surface area contributed by atoms with Gasteiger partial charge in [0.05, 0.1) is 5.69 Å². The summed E-state index contributed by atoms with van der Waals surface area (Å²) in [6.45, 7) is 4.91. The minimum Gasteiger partial charge on any atom is -0.325 e. The van der Waals surface area contributed by atoms with Gasteiger partial charge in [0.1, 0.15) is 5.01 Å². The van der Waals surface area contributed by atoms with Crippen LogP contribution in [0.5, 0.6) is 0 Å². The van der Waals surface area contributed by atoms with E-state index in [1.165, 1.54) is 18.5 Å². The van der Waals surface area contributed by atoms with Gasteiger partial charge in [-0.2, -0.15) is 0 Å². The summed E-state index contributed by atoms with van der Waals surface area (Å²) in [5.41, 5.74) is 6.72. The van der Waals surface area contributed by atoms with Gasteiger partial charge in [-0.25, -0.2) is 4.98 Å². The van der Waals surface area contributed by atoms with E-state index in [0.717, 1.165) is 24.1 Å². The Kier molecular flexibility index (Phi) is 3.15. The average Bonchev–Trinajstić information content (AvgIpc) is 2.95. The molecule has 0 radical (unpaired) electrons. The molecule has 0 aromatic carbocycles. The summed E-state index contributed by atoms with van der Waals surface area (Å²) in [7, 11) is 0. The summed E-state index contributed by atoms with van der Waals surface area (Å²) >= 11 is 1.67. The van der Waals surface area contributed by atoms with Crippen LogP contribution in [0.25, 0.3) is 0 Å². The third-order valence-corrected chi connectivity index (χ3v) is 3.53. The van der Waals surface area contributed by atoms with E-state index in [1.54, 1.807) is 11.3 Å². The highest BCUT2D eigenvalue weighted by molar-refractivity contribution is 7.09. The van der Waals surface area contributed by atoms with Gasteiger partial charge < -0.3 is 5.73 Å². The monoisotopic (exact) mass is 211 g/mol. The lowest BCUT2D eigenvalue weighted by Crippen LogP contribution is -2.25. The van der Waals surface area contributed by atoms with Crippen molar-refractivity contribution >= 4 is 11.3 Å². The minimum absolute atomic E-state index is 0.570. The number of aromatic nitrogens is 1. The van der Waals surface area contributed by atoms with Gasteiger partial charge in [0, 0.05) is 24.5 Å². The van der Waals surface area contributed by atoms with E-state index in [-0.39, 0.29) is 0 Å². The van der Waals surface area contributed by atoms with Crippen LogP contribution in [-0.2, 0) is 13.1 Å². The Morgan fingerprint density at radius 3 is 2.93 bits per heavy atom. The summed E-state index contributed by atoms with van der Waals surface area (Å²) in [5.74, 6) is 0. The van der Waals surface area contributed by atoms with Gasteiger partial charge in [0.2, 0.25) is 0 Å². The van der Waals surface area contributed by atoms with E-state index >= 15 is 0 Å². The maximum absolute atomic E-state index is 5.53. The molecule has 14 heavy (non-hydrogen) atoms. The van der Waals surface area contributed by atoms with Gasteiger partial charge in [-0.15, -0.1) is 11.3 Å². The van der Waals surface area contributed by atoms with Gasteiger partial charge >= 0.3 is 0 Å². The highest BCUT2D eigenvalue weighted by Crippen LogP contribution is 2.28. The fourth-order valence-corrected chi connectivity index (χ4v) is 2.33. The smallest absolute Gasteiger partial charge is 0.106 e. The Morgan fingerprint density at radius 1 is 1.64 bits per heavy atom. The second-order valence-electron chi connectivity index (χ2n) is 3.73. The zero-order valence-corrected chi connectivity index (χ0v) is 9.39. The molecule has 0 amide bonds. The molecular weight excluding hydrogens is 194 g/mol. The van der Waals surface area contributed by atoms with Crippen LogP contribution < -0.4 is 5.73 Å². The van der Waals surface area contributed by atoms with Crippen molar-refractivity contribution in [1.29, 1.82) is 0 Å². The van der Waals surface area contributed by atoms with Gasteiger partial charge in [0.25, 0.3) is 0 Å². The number of thiazole rings is 1. The molecular formula is C10H17N3S. The largest absolute Gasteiger partial charge is 0.325 e. The van der Waals surface area contributed by atoms with Crippen LogP contribution >= 0.6 is 11.3 Å². The number of hydrogen-bond donors (Lipinski definition) is 1. The molecule has 1 aromatic heterocycles. The fourth-order valence-electron chi connectivity index (χ4n) is 1.66. The lowest BCUT2D eigenvalue weighted by Gasteiger charge is -2.17. The van der Waals surface area contributed by atoms with E-state index in [1.807, 2.05) is 0 Å². The molecule has 1 aliphatic rings. The van der Waals surface area contributed by atoms with E-state index in [0.29, 0.717) is 6.54 Å². The van der Waals surface area contributed by atoms with Crippen LogP contribution in [0.1, 0.15) is 30.5 Å². The highest BCUT2D eigenvalue weighted by atomic mass is 32.1. The lowest BCUT2D eigenvalue weighted by atomic mass is 10.4. The van der Waals surface area contributed by atoms with Crippen LogP contribution in [-0.4, -0.2) is 22.5 Å². The third-order valence-electron chi connectivity index (χ3n) is 2.61. The summed E-state index contributed by atoms with van der Waals surface area (Å²) in [4.78, 5) is 6.97. The SMILES string of the molecule is CCN(Cc1csc(CN)n1)C1CC1. The summed E-state index contributed by atoms with van der Waals surface area (Å²) < 4.78 is 0. The molecule has 0 bridgehead atoms. The summed E-state index contributed by atoms with van der Waals surface area (Å²) in [6, 6.07) is 0.822. The molecule has 2 rings (SSSR count). The first kappa shape index (κ1) is 10.1. The molecule has 0 unspecified atom stereocenters. The molecule has 1 fully saturated rings. The first-order chi connectivity index (χ1) is 6.83. The Balaban J connectivity index is 1.94. The van der Waals surface area contributed by atoms with Crippen LogP contribution in [0, 0.1) is 0 Å². The molecule has 1 aliphatic carbocycles. The quantitative estimate of drug-likeness (QED) is 0.804. The second-order valence-corrected chi connectivity index (χ2v) is 4.67. The maximum atomic E-state index is 5.53. The molecule has 2 N–H and O–H groups in total. The number of nitrogens with two attached hydrogens (primary N) is 1. The number of hydrogen-bond acceptors (Lipinski definition) is 4. The standard InChI is InChI=1S/C10H17N3S/c1-2-13(9-3-4-9)6-8-7-14-10(5-11)12-8/h7,9H,2-6,11H2,1H3. The van der Waals surface area contributed by atoms with Crippen LogP contribution in [0.4, 0.5) is 0 Å². The maximum Gasteiger partial charge on any atom is 0.106 e. The molecule has 1 aromatic rings. The molecule has 78 valence electrons. The van der Waals surface area contributed by atoms with E-state index in [4.69, 9.17) is 5.73 Å². The zero-order valence-electron chi connectivity index (χ0n) is 8.57. The predicted octanol–water partition coefficient (Wildman–Crippen LogP) is 1.59. The van der Waals surface area contributed by atoms with Crippen molar-refractivity contribution in [2.45, 2.75) is 38.9 Å². The molecule has 0 aliphatic heterocycles. The molecule has 0 spiro atoms. The average molecular weight is 211 g/mol. The molecule has 3 nitrogen and oxygen atoms in total. The zero-order chi connectivity index (χ0) is 9.97. The van der Waals surface area contributed by atoms with Crippen molar-refractivity contribution < 1.29 is 0 Å². The van der Waals surface area contributed by atoms with Crippen molar-refractivity contribution in [2.24, 2.45) is 5.73 Å². The van der Waals surface area contributed by atoms with Gasteiger partial charge in [0.15, 0.2) is 0 Å². The van der Waals surface area contributed by atoms with Crippen molar-refractivity contribution in [3.63, 3.8) is 0 Å². The number of rotatable bonds is 5. The van der Waals surface area contributed by atoms with Gasteiger partial charge in [-0.3, -0.25) is 4.90 Å². The second kappa shape index (κ2) is 4.38. The molecule has 0 atom stereocenters.